The highest BCUT2D eigenvalue weighted by Crippen LogP contribution is 2.20. The first-order valence-corrected chi connectivity index (χ1v) is 7.38. The van der Waals surface area contributed by atoms with Crippen molar-refractivity contribution in [1.82, 2.24) is 14.9 Å². The fraction of sp³-hybridized carbons (Fsp3) is 0.667. The van der Waals surface area contributed by atoms with E-state index in [1.54, 1.807) is 17.3 Å². The van der Waals surface area contributed by atoms with Crippen molar-refractivity contribution in [2.45, 2.75) is 38.9 Å². The first-order chi connectivity index (χ1) is 10.2. The predicted octanol–water partition coefficient (Wildman–Crippen LogP) is 1.93. The van der Waals surface area contributed by atoms with Gasteiger partial charge in [0.1, 0.15) is 11.7 Å². The average molecular weight is 308 g/mol. The van der Waals surface area contributed by atoms with Crippen LogP contribution in [0.3, 0.4) is 0 Å². The smallest absolute Gasteiger partial charge is 0.410 e. The minimum Gasteiger partial charge on any atom is -0.471 e. The molecule has 122 valence electrons. The van der Waals surface area contributed by atoms with Crippen molar-refractivity contribution >= 4 is 11.9 Å². The van der Waals surface area contributed by atoms with Crippen LogP contribution in [0, 0.1) is 0 Å². The summed E-state index contributed by atoms with van der Waals surface area (Å²) < 4.78 is 11.2. The molecule has 0 saturated carbocycles. The van der Waals surface area contributed by atoms with Crippen LogP contribution in [0.5, 0.6) is 5.88 Å². The molecular weight excluding hydrogens is 284 g/mol. The average Bonchev–Trinajstić information content (AvgIpc) is 2.85. The van der Waals surface area contributed by atoms with E-state index in [1.807, 2.05) is 39.8 Å². The number of hydrogen-bond donors (Lipinski definition) is 0. The van der Waals surface area contributed by atoms with Crippen LogP contribution in [0.1, 0.15) is 27.2 Å². The van der Waals surface area contributed by atoms with Crippen LogP contribution in [-0.2, 0) is 4.74 Å². The highest BCUT2D eigenvalue weighted by atomic mass is 16.6. The van der Waals surface area contributed by atoms with E-state index in [0.717, 1.165) is 12.2 Å². The van der Waals surface area contributed by atoms with E-state index in [-0.39, 0.29) is 12.2 Å². The maximum Gasteiger partial charge on any atom is 0.410 e. The van der Waals surface area contributed by atoms with Gasteiger partial charge in [0.15, 0.2) is 5.82 Å². The Morgan fingerprint density at radius 1 is 1.36 bits per heavy atom. The van der Waals surface area contributed by atoms with Crippen molar-refractivity contribution in [2.75, 3.05) is 32.1 Å². The van der Waals surface area contributed by atoms with Crippen molar-refractivity contribution < 1.29 is 14.3 Å². The van der Waals surface area contributed by atoms with Crippen LogP contribution >= 0.6 is 0 Å². The zero-order valence-electron chi connectivity index (χ0n) is 13.9. The van der Waals surface area contributed by atoms with Crippen LogP contribution in [0.2, 0.25) is 0 Å². The summed E-state index contributed by atoms with van der Waals surface area (Å²) in [4.78, 5) is 24.0. The third-order valence-electron chi connectivity index (χ3n) is 3.14. The number of anilines is 1. The minimum absolute atomic E-state index is 0.0840. The molecule has 1 aliphatic heterocycles. The van der Waals surface area contributed by atoms with Crippen LogP contribution in [0.4, 0.5) is 10.6 Å². The number of aromatic nitrogens is 2. The van der Waals surface area contributed by atoms with E-state index >= 15 is 0 Å². The molecule has 0 unspecified atom stereocenters. The summed E-state index contributed by atoms with van der Waals surface area (Å²) in [6.07, 6.45) is 3.64. The van der Waals surface area contributed by atoms with Crippen LogP contribution in [0.25, 0.3) is 0 Å². The molecule has 1 aliphatic rings. The number of likely N-dealkylation sites (tertiary alicyclic amines) is 1. The van der Waals surface area contributed by atoms with E-state index in [4.69, 9.17) is 9.47 Å². The molecule has 7 heteroatoms. The van der Waals surface area contributed by atoms with Gasteiger partial charge >= 0.3 is 6.09 Å². The Morgan fingerprint density at radius 3 is 2.73 bits per heavy atom. The van der Waals surface area contributed by atoms with Crippen molar-refractivity contribution in [1.29, 1.82) is 0 Å². The van der Waals surface area contributed by atoms with Gasteiger partial charge in [-0.1, -0.05) is 0 Å². The number of nitrogens with zero attached hydrogens (tertiary/aromatic N) is 4. The lowest BCUT2D eigenvalue weighted by molar-refractivity contribution is 0.0275. The Kier molecular flexibility index (Phi) is 4.73. The Bertz CT molecular complexity index is 528. The molecule has 0 N–H and O–H groups in total. The third-order valence-corrected chi connectivity index (χ3v) is 3.14. The SMILES string of the molecule is CN(C)c1cncc(O[C@H]2CCN(C(=O)OC(C)(C)C)C2)n1. The molecule has 2 rings (SSSR count). The van der Waals surface area contributed by atoms with Crippen LogP contribution < -0.4 is 9.64 Å². The van der Waals surface area contributed by atoms with Gasteiger partial charge in [-0.2, -0.15) is 4.98 Å². The Morgan fingerprint density at radius 2 is 2.09 bits per heavy atom. The minimum atomic E-state index is -0.485. The fourth-order valence-corrected chi connectivity index (χ4v) is 2.10. The summed E-state index contributed by atoms with van der Waals surface area (Å²) in [5.41, 5.74) is -0.485. The Balaban J connectivity index is 1.91. The van der Waals surface area contributed by atoms with E-state index in [0.29, 0.717) is 19.0 Å². The first-order valence-electron chi connectivity index (χ1n) is 7.38. The zero-order valence-corrected chi connectivity index (χ0v) is 13.9. The standard InChI is InChI=1S/C15H24N4O3/c1-15(2,3)22-14(20)19-7-6-11(10-19)21-13-9-16-8-12(17-13)18(4)5/h8-9,11H,6-7,10H2,1-5H3/t11-/m0/s1. The lowest BCUT2D eigenvalue weighted by atomic mass is 10.2. The second-order valence-corrected chi connectivity index (χ2v) is 6.56. The van der Waals surface area contributed by atoms with Gasteiger partial charge in [-0.15, -0.1) is 0 Å². The molecule has 0 aliphatic carbocycles. The largest absolute Gasteiger partial charge is 0.471 e. The molecule has 0 radical (unpaired) electrons. The third kappa shape index (κ3) is 4.47. The van der Waals surface area contributed by atoms with E-state index < -0.39 is 5.60 Å². The Hall–Kier alpha value is -2.05. The quantitative estimate of drug-likeness (QED) is 0.850. The molecule has 7 nitrogen and oxygen atoms in total. The molecule has 1 amide bonds. The van der Waals surface area contributed by atoms with Gasteiger partial charge < -0.3 is 19.3 Å². The van der Waals surface area contributed by atoms with Gasteiger partial charge in [0.2, 0.25) is 5.88 Å². The number of carbonyl (C=O) groups excluding carboxylic acids is 1. The predicted molar refractivity (Wildman–Crippen MR) is 83.2 cm³/mol. The number of amides is 1. The molecule has 1 saturated heterocycles. The highest BCUT2D eigenvalue weighted by Gasteiger charge is 2.31. The van der Waals surface area contributed by atoms with Crippen molar-refractivity contribution in [2.24, 2.45) is 0 Å². The molecule has 1 atom stereocenters. The summed E-state index contributed by atoms with van der Waals surface area (Å²) in [5, 5.41) is 0. The summed E-state index contributed by atoms with van der Waals surface area (Å²) in [6.45, 7) is 6.70. The normalized spacial score (nSPS) is 18.2. The molecular formula is C15H24N4O3. The van der Waals surface area contributed by atoms with E-state index in [9.17, 15) is 4.79 Å². The lowest BCUT2D eigenvalue weighted by Crippen LogP contribution is -2.36. The van der Waals surface area contributed by atoms with Gasteiger partial charge in [-0.3, -0.25) is 4.98 Å². The number of rotatable bonds is 3. The van der Waals surface area contributed by atoms with Gasteiger partial charge in [0.05, 0.1) is 18.9 Å². The molecule has 2 heterocycles. The van der Waals surface area contributed by atoms with Gasteiger partial charge in [-0.25, -0.2) is 4.79 Å². The Labute approximate surface area is 131 Å². The molecule has 22 heavy (non-hydrogen) atoms. The summed E-state index contributed by atoms with van der Waals surface area (Å²) in [7, 11) is 3.79. The van der Waals surface area contributed by atoms with Gasteiger partial charge in [-0.05, 0) is 20.8 Å². The first kappa shape index (κ1) is 16.3. The zero-order chi connectivity index (χ0) is 16.3. The molecule has 0 bridgehead atoms. The maximum absolute atomic E-state index is 12.0. The number of carbonyl (C=O) groups is 1. The monoisotopic (exact) mass is 308 g/mol. The second-order valence-electron chi connectivity index (χ2n) is 6.56. The molecule has 1 fully saturated rings. The topological polar surface area (TPSA) is 67.8 Å². The maximum atomic E-state index is 12.0. The number of ether oxygens (including phenoxy) is 2. The molecule has 0 aromatic carbocycles. The van der Waals surface area contributed by atoms with Gasteiger partial charge in [0, 0.05) is 27.1 Å². The van der Waals surface area contributed by atoms with Crippen LogP contribution in [0.15, 0.2) is 12.4 Å². The van der Waals surface area contributed by atoms with Crippen molar-refractivity contribution in [3.05, 3.63) is 12.4 Å². The summed E-state index contributed by atoms with van der Waals surface area (Å²) >= 11 is 0. The number of hydrogen-bond acceptors (Lipinski definition) is 6. The lowest BCUT2D eigenvalue weighted by Gasteiger charge is -2.24. The van der Waals surface area contributed by atoms with E-state index in [1.165, 1.54) is 0 Å². The van der Waals surface area contributed by atoms with Crippen molar-refractivity contribution in [3.8, 4) is 5.88 Å². The highest BCUT2D eigenvalue weighted by molar-refractivity contribution is 5.68. The van der Waals surface area contributed by atoms with E-state index in [2.05, 4.69) is 9.97 Å². The fourth-order valence-electron chi connectivity index (χ4n) is 2.10. The molecule has 1 aromatic heterocycles. The summed E-state index contributed by atoms with van der Waals surface area (Å²) in [6, 6.07) is 0. The van der Waals surface area contributed by atoms with Crippen molar-refractivity contribution in [3.63, 3.8) is 0 Å². The van der Waals surface area contributed by atoms with Crippen LogP contribution in [-0.4, -0.2) is 59.9 Å². The molecule has 0 spiro atoms. The second kappa shape index (κ2) is 6.37. The summed E-state index contributed by atoms with van der Waals surface area (Å²) in [5.74, 6) is 1.21. The molecule has 1 aromatic rings. The van der Waals surface area contributed by atoms with Gasteiger partial charge in [0.25, 0.3) is 0 Å².